The number of aromatic nitrogens is 4. The molecule has 0 aliphatic carbocycles. The summed E-state index contributed by atoms with van der Waals surface area (Å²) in [6.07, 6.45) is -3.35. The number of hydrogen-bond acceptors (Lipinski definition) is 10. The number of carboxylic acids is 2. The first-order valence-electron chi connectivity index (χ1n) is 9.93. The van der Waals surface area contributed by atoms with Crippen molar-refractivity contribution in [3.63, 3.8) is 0 Å². The predicted molar refractivity (Wildman–Crippen MR) is 110 cm³/mol. The second-order valence-electron chi connectivity index (χ2n) is 7.48. The minimum atomic E-state index is -1.33. The first-order valence-corrected chi connectivity index (χ1v) is 9.93. The molecule has 0 radical (unpaired) electrons. The molecule has 1 aliphatic rings. The van der Waals surface area contributed by atoms with E-state index in [0.717, 1.165) is 0 Å². The summed E-state index contributed by atoms with van der Waals surface area (Å²) in [4.78, 5) is 34.8. The Morgan fingerprint density at radius 1 is 1.18 bits per heavy atom. The number of hydrogen-bond donors (Lipinski definition) is 5. The maximum absolute atomic E-state index is 11.7. The lowest BCUT2D eigenvalue weighted by atomic mass is 10.0. The molecule has 33 heavy (non-hydrogen) atoms. The van der Waals surface area contributed by atoms with Gasteiger partial charge in [0.15, 0.2) is 23.8 Å². The molecule has 0 spiro atoms. The lowest BCUT2D eigenvalue weighted by Crippen LogP contribution is -2.33. The molecule has 13 nitrogen and oxygen atoms in total. The van der Waals surface area contributed by atoms with Crippen LogP contribution in [0.4, 0.5) is 5.82 Å². The quantitative estimate of drug-likeness (QED) is 0.303. The van der Waals surface area contributed by atoms with E-state index in [2.05, 4.69) is 15.0 Å². The van der Waals surface area contributed by atoms with Gasteiger partial charge >= 0.3 is 11.9 Å². The highest BCUT2D eigenvalue weighted by atomic mass is 16.6. The van der Waals surface area contributed by atoms with Gasteiger partial charge in [-0.2, -0.15) is 0 Å². The molecular weight excluding hydrogens is 438 g/mol. The number of carboxylic acid groups (broad SMARTS) is 2. The number of benzene rings is 1. The van der Waals surface area contributed by atoms with E-state index in [1.165, 1.54) is 41.5 Å². The van der Waals surface area contributed by atoms with Crippen molar-refractivity contribution >= 4 is 28.9 Å². The summed E-state index contributed by atoms with van der Waals surface area (Å²) in [5, 5.41) is 39.6. The van der Waals surface area contributed by atoms with Gasteiger partial charge < -0.3 is 35.6 Å². The molecule has 1 saturated heterocycles. The van der Waals surface area contributed by atoms with Gasteiger partial charge in [0.2, 0.25) is 0 Å². The molecule has 6 N–H and O–H groups in total. The molecule has 0 saturated carbocycles. The molecule has 1 aliphatic heterocycles. The number of nitrogens with two attached hydrogens (primary N) is 1. The van der Waals surface area contributed by atoms with Crippen LogP contribution in [-0.4, -0.2) is 76.3 Å². The van der Waals surface area contributed by atoms with Crippen molar-refractivity contribution in [1.29, 1.82) is 0 Å². The fourth-order valence-corrected chi connectivity index (χ4v) is 3.67. The molecule has 0 amide bonds. The van der Waals surface area contributed by atoms with E-state index in [4.69, 9.17) is 20.3 Å². The molecule has 1 unspecified atom stereocenters. The van der Waals surface area contributed by atoms with E-state index >= 15 is 0 Å². The van der Waals surface area contributed by atoms with E-state index in [-0.39, 0.29) is 30.0 Å². The van der Waals surface area contributed by atoms with Crippen LogP contribution >= 0.6 is 0 Å². The number of ether oxygens (including phenoxy) is 2. The number of imidazole rings is 1. The smallest absolute Gasteiger partial charge is 0.344 e. The molecular formula is C20H21N5O8. The zero-order valence-corrected chi connectivity index (χ0v) is 17.1. The minimum Gasteiger partial charge on any atom is -0.479 e. The largest absolute Gasteiger partial charge is 0.479 e. The molecule has 5 atom stereocenters. The van der Waals surface area contributed by atoms with E-state index in [9.17, 15) is 24.9 Å². The average Bonchev–Trinajstić information content (AvgIpc) is 3.33. The lowest BCUT2D eigenvalue weighted by Gasteiger charge is -2.19. The second-order valence-corrected chi connectivity index (χ2v) is 7.48. The van der Waals surface area contributed by atoms with Crippen LogP contribution in [-0.2, 0) is 9.53 Å². The van der Waals surface area contributed by atoms with E-state index < -0.39 is 42.6 Å². The van der Waals surface area contributed by atoms with Gasteiger partial charge in [0, 0.05) is 0 Å². The van der Waals surface area contributed by atoms with Gasteiger partial charge in [0.25, 0.3) is 0 Å². The molecule has 4 rings (SSSR count). The number of anilines is 1. The number of fused-ring (bicyclic) bond motifs is 1. The Balaban J connectivity index is 1.45. The van der Waals surface area contributed by atoms with Crippen molar-refractivity contribution < 1.29 is 39.5 Å². The maximum Gasteiger partial charge on any atom is 0.344 e. The Morgan fingerprint density at radius 3 is 2.70 bits per heavy atom. The molecule has 13 heteroatoms. The van der Waals surface area contributed by atoms with Gasteiger partial charge in [-0.05, 0) is 31.0 Å². The van der Waals surface area contributed by atoms with Crippen molar-refractivity contribution in [1.82, 2.24) is 19.5 Å². The number of carbonyl (C=O) groups is 2. The van der Waals surface area contributed by atoms with Gasteiger partial charge in [0.1, 0.15) is 29.8 Å². The predicted octanol–water partition coefficient (Wildman–Crippen LogP) is 0.0383. The third-order valence-electron chi connectivity index (χ3n) is 5.35. The Kier molecular flexibility index (Phi) is 6.09. The zero-order chi connectivity index (χ0) is 23.7. The molecule has 0 bridgehead atoms. The van der Waals surface area contributed by atoms with Crippen molar-refractivity contribution in [3.05, 3.63) is 42.5 Å². The molecule has 1 fully saturated rings. The van der Waals surface area contributed by atoms with Gasteiger partial charge in [-0.15, -0.1) is 0 Å². The minimum absolute atomic E-state index is 0.0358. The monoisotopic (exact) mass is 459 g/mol. The highest BCUT2D eigenvalue weighted by molar-refractivity contribution is 5.88. The van der Waals surface area contributed by atoms with Crippen molar-refractivity contribution in [2.45, 2.75) is 43.5 Å². The third-order valence-corrected chi connectivity index (χ3v) is 5.35. The SMILES string of the molecule is Nc1ncnc2c1ncn2[C@@H]1O[C@H](CC[C@@H](Oc2cccc(C(=O)O)c2)C(=O)O)C(O)[C@@H]1O. The number of rotatable bonds is 8. The van der Waals surface area contributed by atoms with Gasteiger partial charge in [-0.1, -0.05) is 6.07 Å². The summed E-state index contributed by atoms with van der Waals surface area (Å²) >= 11 is 0. The number of nitrogen functional groups attached to an aromatic ring is 1. The van der Waals surface area contributed by atoms with Crippen LogP contribution in [0.25, 0.3) is 11.2 Å². The van der Waals surface area contributed by atoms with Crippen LogP contribution < -0.4 is 10.5 Å². The standard InChI is InChI=1S/C20H21N5O8/c21-16-13-17(23-7-22-16)25(8-24-13)18-15(27)14(26)11(33-18)4-5-12(20(30)31)32-10-3-1-2-9(6-10)19(28)29/h1-3,6-8,11-12,14-15,18,26-27H,4-5H2,(H,28,29)(H,30,31)(H2,21,22,23)/t11-,12-,14?,15+,18-/m1/s1. The number of aliphatic hydroxyl groups excluding tert-OH is 2. The van der Waals surface area contributed by atoms with Crippen LogP contribution in [0.1, 0.15) is 29.4 Å². The topological polar surface area (TPSA) is 203 Å². The number of aliphatic carboxylic acids is 1. The van der Waals surface area contributed by atoms with Crippen LogP contribution in [0, 0.1) is 0 Å². The molecule has 2 aromatic heterocycles. The van der Waals surface area contributed by atoms with Crippen molar-refractivity contribution in [3.8, 4) is 5.75 Å². The van der Waals surface area contributed by atoms with Gasteiger partial charge in [0.05, 0.1) is 18.0 Å². The van der Waals surface area contributed by atoms with Gasteiger partial charge in [-0.3, -0.25) is 4.57 Å². The van der Waals surface area contributed by atoms with Crippen molar-refractivity contribution in [2.75, 3.05) is 5.73 Å². The van der Waals surface area contributed by atoms with Crippen molar-refractivity contribution in [2.24, 2.45) is 0 Å². The Bertz CT molecular complexity index is 1180. The number of aliphatic hydroxyl groups is 2. The summed E-state index contributed by atoms with van der Waals surface area (Å²) in [6.45, 7) is 0. The fourth-order valence-electron chi connectivity index (χ4n) is 3.67. The average molecular weight is 459 g/mol. The summed E-state index contributed by atoms with van der Waals surface area (Å²) in [7, 11) is 0. The zero-order valence-electron chi connectivity index (χ0n) is 17.1. The number of nitrogens with zero attached hydrogens (tertiary/aromatic N) is 4. The summed E-state index contributed by atoms with van der Waals surface area (Å²) < 4.78 is 12.7. The van der Waals surface area contributed by atoms with E-state index in [0.29, 0.717) is 11.2 Å². The van der Waals surface area contributed by atoms with Crippen LogP contribution in [0.3, 0.4) is 0 Å². The highest BCUT2D eigenvalue weighted by Crippen LogP contribution is 2.34. The van der Waals surface area contributed by atoms with E-state index in [1.807, 2.05) is 0 Å². The molecule has 1 aromatic carbocycles. The summed E-state index contributed by atoms with van der Waals surface area (Å²) in [6, 6.07) is 5.46. The highest BCUT2D eigenvalue weighted by Gasteiger charge is 2.44. The normalized spacial score (nSPS) is 23.5. The van der Waals surface area contributed by atoms with Crippen LogP contribution in [0.5, 0.6) is 5.75 Å². The Morgan fingerprint density at radius 2 is 1.97 bits per heavy atom. The maximum atomic E-state index is 11.7. The van der Waals surface area contributed by atoms with Crippen LogP contribution in [0.15, 0.2) is 36.9 Å². The Hall–Kier alpha value is -3.81. The van der Waals surface area contributed by atoms with E-state index in [1.54, 1.807) is 0 Å². The molecule has 3 heterocycles. The first-order chi connectivity index (χ1) is 15.8. The molecule has 174 valence electrons. The molecule has 3 aromatic rings. The first kappa shape index (κ1) is 22.4. The summed E-state index contributed by atoms with van der Waals surface area (Å²) in [5.41, 5.74) is 6.35. The third kappa shape index (κ3) is 4.41. The van der Waals surface area contributed by atoms with Gasteiger partial charge in [-0.25, -0.2) is 24.5 Å². The lowest BCUT2D eigenvalue weighted by molar-refractivity contribution is -0.145. The summed E-state index contributed by atoms with van der Waals surface area (Å²) in [5.74, 6) is -2.21. The second kappa shape index (κ2) is 8.97. The van der Waals surface area contributed by atoms with Crippen LogP contribution in [0.2, 0.25) is 0 Å². The Labute approximate surface area is 186 Å². The fraction of sp³-hybridized carbons (Fsp3) is 0.350. The number of aromatic carboxylic acids is 1.